The van der Waals surface area contributed by atoms with Gasteiger partial charge in [-0.2, -0.15) is 0 Å². The molecule has 1 atom stereocenters. The molecule has 1 nitrogen and oxygen atoms in total. The normalized spacial score (nSPS) is 15.3. The smallest absolute Gasteiger partial charge is 0.0657 e. The Morgan fingerprint density at radius 3 is 2.13 bits per heavy atom. The van der Waals surface area contributed by atoms with E-state index in [2.05, 4.69) is 38.1 Å². The molecule has 0 bridgehead atoms. The van der Waals surface area contributed by atoms with Crippen molar-refractivity contribution in [1.29, 1.82) is 0 Å². The van der Waals surface area contributed by atoms with Crippen molar-refractivity contribution in [1.82, 2.24) is 0 Å². The minimum absolute atomic E-state index is 0.570. The molecule has 1 rings (SSSR count). The maximum atomic E-state index is 9.96. The van der Waals surface area contributed by atoms with Gasteiger partial charge in [0.05, 0.1) is 5.60 Å². The summed E-state index contributed by atoms with van der Waals surface area (Å²) >= 11 is 0. The van der Waals surface area contributed by atoms with Crippen LogP contribution in [-0.4, -0.2) is 10.7 Å². The van der Waals surface area contributed by atoms with Gasteiger partial charge in [0, 0.05) is 6.42 Å². The molecule has 0 saturated carbocycles. The third-order valence-electron chi connectivity index (χ3n) is 2.99. The number of aliphatic hydroxyl groups is 1. The summed E-state index contributed by atoms with van der Waals surface area (Å²) in [7, 11) is 0. The molecule has 1 aromatic carbocycles. The molecular weight excluding hydrogens is 184 g/mol. The van der Waals surface area contributed by atoms with E-state index in [4.69, 9.17) is 0 Å². The summed E-state index contributed by atoms with van der Waals surface area (Å²) in [6.45, 7) is 8.29. The summed E-state index contributed by atoms with van der Waals surface area (Å²) < 4.78 is 0. The van der Waals surface area contributed by atoms with Crippen molar-refractivity contribution in [3.8, 4) is 0 Å². The van der Waals surface area contributed by atoms with Gasteiger partial charge in [0.25, 0.3) is 0 Å². The Kier molecular flexibility index (Phi) is 3.92. The summed E-state index contributed by atoms with van der Waals surface area (Å²) in [5, 5.41) is 9.96. The van der Waals surface area contributed by atoms with Crippen molar-refractivity contribution in [2.75, 3.05) is 0 Å². The molecule has 0 aliphatic carbocycles. The number of rotatable bonds is 4. The molecule has 15 heavy (non-hydrogen) atoms. The Hall–Kier alpha value is -0.820. The van der Waals surface area contributed by atoms with Gasteiger partial charge in [0.15, 0.2) is 0 Å². The molecule has 0 amide bonds. The first kappa shape index (κ1) is 12.3. The molecule has 1 N–H and O–H groups in total. The first-order chi connectivity index (χ1) is 6.94. The highest BCUT2D eigenvalue weighted by Gasteiger charge is 2.17. The fourth-order valence-electron chi connectivity index (χ4n) is 1.59. The van der Waals surface area contributed by atoms with Gasteiger partial charge < -0.3 is 5.11 Å². The first-order valence-corrected chi connectivity index (χ1v) is 5.76. The van der Waals surface area contributed by atoms with Crippen molar-refractivity contribution >= 4 is 0 Å². The summed E-state index contributed by atoms with van der Waals surface area (Å²) in [5.41, 5.74) is 2.00. The highest BCUT2D eigenvalue weighted by Crippen LogP contribution is 2.19. The van der Waals surface area contributed by atoms with Gasteiger partial charge in [0.1, 0.15) is 0 Å². The molecule has 0 aliphatic heterocycles. The largest absolute Gasteiger partial charge is 0.390 e. The fraction of sp³-hybridized carbons (Fsp3) is 0.571. The van der Waals surface area contributed by atoms with Crippen molar-refractivity contribution in [2.24, 2.45) is 0 Å². The van der Waals surface area contributed by atoms with E-state index >= 15 is 0 Å². The minimum Gasteiger partial charge on any atom is -0.390 e. The highest BCUT2D eigenvalue weighted by molar-refractivity contribution is 5.25. The maximum absolute atomic E-state index is 9.96. The van der Waals surface area contributed by atoms with Crippen LogP contribution in [0.3, 0.4) is 0 Å². The third kappa shape index (κ3) is 3.67. The van der Waals surface area contributed by atoms with E-state index in [-0.39, 0.29) is 0 Å². The van der Waals surface area contributed by atoms with E-state index in [1.165, 1.54) is 11.1 Å². The average Bonchev–Trinajstić information content (AvgIpc) is 2.18. The van der Waals surface area contributed by atoms with Crippen molar-refractivity contribution in [3.05, 3.63) is 35.4 Å². The third-order valence-corrected chi connectivity index (χ3v) is 2.99. The maximum Gasteiger partial charge on any atom is 0.0657 e. The minimum atomic E-state index is -0.570. The standard InChI is InChI=1S/C14H22O/c1-5-14(4,15)10-12-6-8-13(9-7-12)11(2)3/h6-9,11,15H,5,10H2,1-4H3. The van der Waals surface area contributed by atoms with Crippen LogP contribution >= 0.6 is 0 Å². The van der Waals surface area contributed by atoms with Crippen LogP contribution in [0, 0.1) is 0 Å². The molecule has 1 unspecified atom stereocenters. The Morgan fingerprint density at radius 2 is 1.73 bits per heavy atom. The van der Waals surface area contributed by atoms with Gasteiger partial charge in [-0.15, -0.1) is 0 Å². The lowest BCUT2D eigenvalue weighted by Gasteiger charge is -2.21. The van der Waals surface area contributed by atoms with E-state index in [9.17, 15) is 5.11 Å². The lowest BCUT2D eigenvalue weighted by molar-refractivity contribution is 0.0564. The second-order valence-corrected chi connectivity index (χ2v) is 4.92. The van der Waals surface area contributed by atoms with E-state index in [0.717, 1.165) is 12.8 Å². The van der Waals surface area contributed by atoms with Gasteiger partial charge in [-0.05, 0) is 30.4 Å². The Morgan fingerprint density at radius 1 is 1.20 bits per heavy atom. The zero-order valence-corrected chi connectivity index (χ0v) is 10.2. The quantitative estimate of drug-likeness (QED) is 0.799. The zero-order chi connectivity index (χ0) is 11.5. The van der Waals surface area contributed by atoms with E-state index in [1.54, 1.807) is 0 Å². The number of benzene rings is 1. The summed E-state index contributed by atoms with van der Waals surface area (Å²) in [4.78, 5) is 0. The summed E-state index contributed by atoms with van der Waals surface area (Å²) in [6, 6.07) is 8.57. The van der Waals surface area contributed by atoms with Gasteiger partial charge in [-0.3, -0.25) is 0 Å². The predicted molar refractivity (Wildman–Crippen MR) is 65.1 cm³/mol. The lowest BCUT2D eigenvalue weighted by Crippen LogP contribution is -2.25. The average molecular weight is 206 g/mol. The second-order valence-electron chi connectivity index (χ2n) is 4.92. The Balaban J connectivity index is 2.73. The molecule has 1 aromatic rings. The first-order valence-electron chi connectivity index (χ1n) is 5.76. The van der Waals surface area contributed by atoms with Gasteiger partial charge in [-0.1, -0.05) is 45.0 Å². The molecule has 0 radical (unpaired) electrons. The Bertz CT molecular complexity index is 296. The monoisotopic (exact) mass is 206 g/mol. The van der Waals surface area contributed by atoms with Crippen molar-refractivity contribution in [3.63, 3.8) is 0 Å². The highest BCUT2D eigenvalue weighted by atomic mass is 16.3. The molecule has 0 spiro atoms. The van der Waals surface area contributed by atoms with E-state index in [0.29, 0.717) is 5.92 Å². The second kappa shape index (κ2) is 4.80. The summed E-state index contributed by atoms with van der Waals surface area (Å²) in [6.07, 6.45) is 1.53. The summed E-state index contributed by atoms with van der Waals surface area (Å²) in [5.74, 6) is 0.575. The van der Waals surface area contributed by atoms with E-state index in [1.807, 2.05) is 13.8 Å². The van der Waals surface area contributed by atoms with Crippen LogP contribution in [0.5, 0.6) is 0 Å². The molecule has 1 heteroatoms. The van der Waals surface area contributed by atoms with Crippen LogP contribution in [0.4, 0.5) is 0 Å². The van der Waals surface area contributed by atoms with Crippen LogP contribution in [0.1, 0.15) is 51.2 Å². The molecule has 0 heterocycles. The molecule has 0 fully saturated rings. The number of hydrogen-bond donors (Lipinski definition) is 1. The fourth-order valence-corrected chi connectivity index (χ4v) is 1.59. The SMILES string of the molecule is CCC(C)(O)Cc1ccc(C(C)C)cc1. The molecule has 0 saturated heterocycles. The molecular formula is C14H22O. The van der Waals surface area contributed by atoms with Crippen LogP contribution < -0.4 is 0 Å². The van der Waals surface area contributed by atoms with Crippen LogP contribution in [0.25, 0.3) is 0 Å². The zero-order valence-electron chi connectivity index (χ0n) is 10.2. The predicted octanol–water partition coefficient (Wildman–Crippen LogP) is 3.51. The molecule has 0 aliphatic rings. The van der Waals surface area contributed by atoms with Crippen molar-refractivity contribution in [2.45, 2.75) is 52.1 Å². The molecule has 0 aromatic heterocycles. The Labute approximate surface area is 93.1 Å². The molecule has 84 valence electrons. The lowest BCUT2D eigenvalue weighted by atomic mass is 9.92. The van der Waals surface area contributed by atoms with Crippen LogP contribution in [0.15, 0.2) is 24.3 Å². The van der Waals surface area contributed by atoms with Gasteiger partial charge >= 0.3 is 0 Å². The van der Waals surface area contributed by atoms with Crippen molar-refractivity contribution < 1.29 is 5.11 Å². The van der Waals surface area contributed by atoms with Gasteiger partial charge in [0.2, 0.25) is 0 Å². The number of hydrogen-bond acceptors (Lipinski definition) is 1. The van der Waals surface area contributed by atoms with Crippen LogP contribution in [0.2, 0.25) is 0 Å². The van der Waals surface area contributed by atoms with E-state index < -0.39 is 5.60 Å². The topological polar surface area (TPSA) is 20.2 Å². The van der Waals surface area contributed by atoms with Gasteiger partial charge in [-0.25, -0.2) is 0 Å². The van der Waals surface area contributed by atoms with Crippen LogP contribution in [-0.2, 0) is 6.42 Å².